The maximum Gasteiger partial charge on any atom is 0.518 e. The summed E-state index contributed by atoms with van der Waals surface area (Å²) >= 11 is 0. The third kappa shape index (κ3) is 28.0. The van der Waals surface area contributed by atoms with Crippen molar-refractivity contribution in [3.8, 4) is 0 Å². The molecule has 2 fully saturated rings. The fraction of sp³-hybridized carbons (Fsp3) is 0.224. The first-order chi connectivity index (χ1) is 51.7. The molecule has 0 radical (unpaired) electrons. The van der Waals surface area contributed by atoms with Gasteiger partial charge in [0.2, 0.25) is 0 Å². The van der Waals surface area contributed by atoms with E-state index in [1.165, 1.54) is 94.6 Å². The number of sulfonamides is 3. The minimum Gasteiger partial charge on any atom is -0.858 e. The van der Waals surface area contributed by atoms with Crippen molar-refractivity contribution in [2.75, 3.05) is 64.0 Å². The van der Waals surface area contributed by atoms with Gasteiger partial charge < -0.3 is 23.9 Å². The molecule has 560 valence electrons. The molecule has 22 heteroatoms. The fourth-order valence-corrected chi connectivity index (χ4v) is 20.6. The van der Waals surface area contributed by atoms with Crippen molar-refractivity contribution in [2.24, 2.45) is 4.40 Å². The lowest BCUT2D eigenvalue weighted by atomic mass is 10.1. The van der Waals surface area contributed by atoms with Crippen LogP contribution in [-0.4, -0.2) is 111 Å². The first-order valence-electron chi connectivity index (χ1n) is 35.3. The summed E-state index contributed by atoms with van der Waals surface area (Å²) < 4.78 is 111. The highest BCUT2D eigenvalue weighted by molar-refractivity contribution is 8.12. The number of hydrogen-bond acceptors (Lipinski definition) is 11. The summed E-state index contributed by atoms with van der Waals surface area (Å²) in [6.07, 6.45) is 9.98. The molecule has 13 rings (SSSR count). The van der Waals surface area contributed by atoms with E-state index in [2.05, 4.69) is 322 Å². The van der Waals surface area contributed by atoms with Gasteiger partial charge in [-0.1, -0.05) is 209 Å². The summed E-state index contributed by atoms with van der Waals surface area (Å²) in [6.45, 7) is 8.97. The Morgan fingerprint density at radius 1 is 0.421 bits per heavy atom. The highest BCUT2D eigenvalue weighted by atomic mass is 32.3. The molecule has 2 aliphatic heterocycles. The summed E-state index contributed by atoms with van der Waals surface area (Å²) in [7, 11) is -9.66. The molecule has 107 heavy (non-hydrogen) atoms. The molecule has 13 nitrogen and oxygen atoms in total. The van der Waals surface area contributed by atoms with Gasteiger partial charge in [-0.2, -0.15) is 26.0 Å². The largest absolute Gasteiger partial charge is 0.858 e. The van der Waals surface area contributed by atoms with Crippen molar-refractivity contribution >= 4 is 74.3 Å². The molecule has 2 saturated heterocycles. The van der Waals surface area contributed by atoms with Gasteiger partial charge in [-0.05, 0) is 173 Å². The topological polar surface area (TPSA) is 175 Å². The van der Waals surface area contributed by atoms with Gasteiger partial charge in [-0.15, -0.1) is 0 Å². The summed E-state index contributed by atoms with van der Waals surface area (Å²) in [5.41, 5.74) is -4.96. The Bertz CT molecular complexity index is 4100. The summed E-state index contributed by atoms with van der Waals surface area (Å²) in [4.78, 5) is 22.5. The van der Waals surface area contributed by atoms with E-state index in [9.17, 15) is 43.5 Å². The van der Waals surface area contributed by atoms with Crippen molar-refractivity contribution < 1.29 is 43.5 Å². The lowest BCUT2D eigenvalue weighted by Gasteiger charge is -2.28. The number of aromatic nitrogens is 1. The number of hydrogen-bond donors (Lipinski definition) is 0. The Hall–Kier alpha value is -8.81. The number of benzene rings is 10. The number of alkyl halides is 3. The van der Waals surface area contributed by atoms with Gasteiger partial charge in [0.25, 0.3) is 0 Å². The van der Waals surface area contributed by atoms with Crippen LogP contribution in [0.1, 0.15) is 63.9 Å². The highest BCUT2D eigenvalue weighted by Crippen LogP contribution is 2.34. The zero-order valence-corrected chi connectivity index (χ0v) is 65.2. The van der Waals surface area contributed by atoms with Crippen LogP contribution in [-0.2, 0) is 62.8 Å². The van der Waals surface area contributed by atoms with E-state index in [-0.39, 0.29) is 48.9 Å². The van der Waals surface area contributed by atoms with Gasteiger partial charge in [0.15, 0.2) is 44.1 Å². The first-order valence-corrected chi connectivity index (χ1v) is 43.5. The zero-order chi connectivity index (χ0) is 76.2. The zero-order valence-electron chi connectivity index (χ0n) is 60.3. The molecule has 0 aliphatic carbocycles. The van der Waals surface area contributed by atoms with E-state index in [0.29, 0.717) is 6.42 Å². The fourth-order valence-electron chi connectivity index (χ4n) is 10.9. The van der Waals surface area contributed by atoms with E-state index in [0.717, 1.165) is 76.0 Å². The number of anilines is 1. The molecular formula is C85H92F3N6O7S6+. The normalized spacial score (nSPS) is 13.4. The quantitative estimate of drug-likeness (QED) is 0.0273. The van der Waals surface area contributed by atoms with Gasteiger partial charge in [-0.25, -0.2) is 16.8 Å². The third-order valence-corrected chi connectivity index (χ3v) is 27.6. The molecule has 1 aromatic heterocycles. The van der Waals surface area contributed by atoms with Gasteiger partial charge in [0.05, 0.1) is 42.7 Å². The molecule has 2 aliphatic rings. The molecule has 0 unspecified atom stereocenters. The Balaban J connectivity index is 0.000000165. The minimum absolute atomic E-state index is 0.0146. The number of rotatable bonds is 22. The predicted molar refractivity (Wildman–Crippen MR) is 431 cm³/mol. The molecule has 0 atom stereocenters. The number of unbranched alkanes of at least 4 members (excludes halogenated alkanes) is 5. The van der Waals surface area contributed by atoms with Gasteiger partial charge in [-0.3, -0.25) is 4.98 Å². The molecule has 0 spiro atoms. The lowest BCUT2D eigenvalue weighted by Crippen LogP contribution is -2.42. The van der Waals surface area contributed by atoms with Crippen molar-refractivity contribution in [2.45, 2.75) is 113 Å². The van der Waals surface area contributed by atoms with Crippen LogP contribution in [0.15, 0.2) is 375 Å². The lowest BCUT2D eigenvalue weighted by molar-refractivity contribution is -0.212. The molecule has 0 bridgehead atoms. The molecule has 0 amide bonds. The number of likely N-dealkylation sites (N-methyl/N-ethyl adjacent to an activating group) is 2. The molecular weight excluding hydrogens is 1470 g/mol. The second kappa shape index (κ2) is 43.9. The Morgan fingerprint density at radius 2 is 0.720 bits per heavy atom. The minimum atomic E-state index is -5.80. The second-order valence-electron chi connectivity index (χ2n) is 24.7. The summed E-state index contributed by atoms with van der Waals surface area (Å²) in [5, 5.41) is 11.0. The number of halogens is 3. The predicted octanol–water partition coefficient (Wildman–Crippen LogP) is 18.3. The standard InChI is InChI=1S/C18H29N2O4S2.3C18H15S.C7H5F3N2O3S.C6H14N2/c1-2-3-4-5-6-9-16-25(21,22)19-26(23,24)18-12-10-17(11-13-18)20-14-7-8-15-20;3*1-4-10-16(11-5-1)19(17-12-6-2-7-13-17)18-14-8-3-9-15-18;8-7(9,10)16(14,15)12-6(13)5-2-1-3-11-4-5;1-7-3-5-8(2)6-4-7/h10-13H,2-9,14-16H2,1H3;3*1-15H;1-4H,(H,12,13);3-6H2,1-2H3/q-1;3*+1;;/p-1. The van der Waals surface area contributed by atoms with Crippen LogP contribution in [0, 0.1) is 0 Å². The van der Waals surface area contributed by atoms with Crippen LogP contribution in [0.3, 0.4) is 0 Å². The average molecular weight is 1560 g/mol. The number of piperazine rings is 1. The van der Waals surface area contributed by atoms with Crippen LogP contribution in [0.2, 0.25) is 0 Å². The van der Waals surface area contributed by atoms with Gasteiger partial charge in [0, 0.05) is 79.5 Å². The van der Waals surface area contributed by atoms with Crippen molar-refractivity contribution in [3.05, 3.63) is 331 Å². The average Bonchev–Trinajstić information content (AvgIpc) is 1.69. The maximum atomic E-state index is 12.3. The van der Waals surface area contributed by atoms with Crippen LogP contribution in [0.4, 0.5) is 18.9 Å². The Labute approximate surface area is 640 Å². The summed E-state index contributed by atoms with van der Waals surface area (Å²) in [5.74, 6) is -1.73. The van der Waals surface area contributed by atoms with Crippen LogP contribution in [0.25, 0.3) is 4.13 Å². The molecule has 0 saturated carbocycles. The van der Waals surface area contributed by atoms with E-state index in [4.69, 9.17) is 0 Å². The summed E-state index contributed by atoms with van der Waals surface area (Å²) in [6, 6.07) is 105. The van der Waals surface area contributed by atoms with E-state index in [1.54, 1.807) is 12.1 Å². The van der Waals surface area contributed by atoms with Crippen molar-refractivity contribution in [3.63, 3.8) is 0 Å². The number of nitrogens with zero attached hydrogens (tertiary/aromatic N) is 6. The van der Waals surface area contributed by atoms with E-state index < -0.39 is 41.5 Å². The highest BCUT2D eigenvalue weighted by Gasteiger charge is 2.46. The molecule has 3 heterocycles. The first kappa shape index (κ1) is 83.8. The molecule has 0 N–H and O–H groups in total. The van der Waals surface area contributed by atoms with Crippen LogP contribution < -0.4 is 10.0 Å². The number of pyridine rings is 1. The van der Waals surface area contributed by atoms with E-state index >= 15 is 0 Å². The Kier molecular flexibility index (Phi) is 34.4. The van der Waals surface area contributed by atoms with Crippen molar-refractivity contribution in [1.82, 2.24) is 14.8 Å². The van der Waals surface area contributed by atoms with Crippen molar-refractivity contribution in [1.29, 1.82) is 0 Å². The molecule has 11 aromatic rings. The smallest absolute Gasteiger partial charge is 0.518 e. The molecule has 10 aromatic carbocycles. The van der Waals surface area contributed by atoms with Crippen LogP contribution in [0.5, 0.6) is 0 Å². The van der Waals surface area contributed by atoms with Gasteiger partial charge >= 0.3 is 15.5 Å². The van der Waals surface area contributed by atoms with Crippen LogP contribution >= 0.6 is 0 Å². The van der Waals surface area contributed by atoms with Gasteiger partial charge in [0.1, 0.15) is 10.0 Å². The monoisotopic (exact) mass is 1560 g/mol. The Morgan fingerprint density at radius 3 is 1.00 bits per heavy atom. The maximum absolute atomic E-state index is 12.3. The third-order valence-electron chi connectivity index (χ3n) is 16.5. The van der Waals surface area contributed by atoms with E-state index in [1.807, 2.05) is 0 Å². The SMILES string of the molecule is CCCCCCCCS(=O)(=O)[N-]S(=O)(=O)c1ccc(N2CCCC2)cc1.CN1CCN(C)CC1.O=S(=O)(N=C([O-])c1cccnc1)C(F)(F)F.c1ccc([S+](c2ccccc2)c2ccccc2)cc1.c1ccc([S+](c2ccccc2)c2ccccc2)cc1.c1ccc([S+](c2ccccc2)c2ccccc2)cc1. The second-order valence-corrected chi connectivity index (χ2v) is 36.0.